The third-order valence-electron chi connectivity index (χ3n) is 2.24. The molecule has 1 aromatic rings. The van der Waals surface area contributed by atoms with Crippen LogP contribution in [0.15, 0.2) is 24.3 Å². The Morgan fingerprint density at radius 2 is 2.07 bits per heavy atom. The lowest BCUT2D eigenvalue weighted by Gasteiger charge is -2.06. The molecule has 82 valence electrons. The van der Waals surface area contributed by atoms with Gasteiger partial charge in [0.2, 0.25) is 0 Å². The summed E-state index contributed by atoms with van der Waals surface area (Å²) in [4.78, 5) is 11.7. The monoisotopic (exact) mass is 269 g/mol. The van der Waals surface area contributed by atoms with Gasteiger partial charge in [-0.15, -0.1) is 0 Å². The molecule has 0 bridgehead atoms. The van der Waals surface area contributed by atoms with Crippen molar-refractivity contribution in [3.05, 3.63) is 35.4 Å². The van der Waals surface area contributed by atoms with E-state index < -0.39 is 0 Å². The fourth-order valence-electron chi connectivity index (χ4n) is 1.34. The van der Waals surface area contributed by atoms with Crippen LogP contribution in [0.4, 0.5) is 0 Å². The van der Waals surface area contributed by atoms with E-state index in [2.05, 4.69) is 21.2 Å². The van der Waals surface area contributed by atoms with Crippen LogP contribution in [-0.4, -0.2) is 17.8 Å². The Hall–Kier alpha value is -0.830. The van der Waals surface area contributed by atoms with Crippen LogP contribution in [0, 0.1) is 6.92 Å². The summed E-state index contributed by atoms with van der Waals surface area (Å²) < 4.78 is 0. The smallest absolute Gasteiger partial charge is 0.251 e. The predicted octanol–water partition coefficient (Wildman–Crippen LogP) is 2.90. The number of benzene rings is 1. The molecular weight excluding hydrogens is 254 g/mol. The fraction of sp³-hybridized carbons (Fsp3) is 0.417. The van der Waals surface area contributed by atoms with Gasteiger partial charge in [-0.25, -0.2) is 0 Å². The molecule has 1 amide bonds. The molecule has 0 aliphatic carbocycles. The van der Waals surface area contributed by atoms with Gasteiger partial charge in [0, 0.05) is 17.4 Å². The Kier molecular flexibility index (Phi) is 5.40. The molecule has 2 nitrogen and oxygen atoms in total. The Balaban J connectivity index is 2.44. The van der Waals surface area contributed by atoms with Gasteiger partial charge >= 0.3 is 0 Å². The number of rotatable bonds is 5. The molecule has 3 heteroatoms. The van der Waals surface area contributed by atoms with Crippen LogP contribution >= 0.6 is 15.9 Å². The number of carbonyl (C=O) groups is 1. The number of unbranched alkanes of at least 4 members (excludes halogenated alkanes) is 1. The molecule has 0 unspecified atom stereocenters. The Morgan fingerprint density at radius 3 is 2.73 bits per heavy atom. The van der Waals surface area contributed by atoms with E-state index in [1.807, 2.05) is 31.2 Å². The molecule has 0 heterocycles. The average Bonchev–Trinajstić information content (AvgIpc) is 2.25. The lowest BCUT2D eigenvalue weighted by molar-refractivity contribution is 0.0952. The van der Waals surface area contributed by atoms with E-state index in [9.17, 15) is 4.79 Å². The van der Waals surface area contributed by atoms with E-state index in [0.29, 0.717) is 0 Å². The van der Waals surface area contributed by atoms with Gasteiger partial charge in [-0.3, -0.25) is 4.79 Å². The first-order valence-electron chi connectivity index (χ1n) is 5.15. The largest absolute Gasteiger partial charge is 0.352 e. The van der Waals surface area contributed by atoms with Gasteiger partial charge < -0.3 is 5.32 Å². The maximum absolute atomic E-state index is 11.7. The highest BCUT2D eigenvalue weighted by Gasteiger charge is 2.06. The molecule has 0 aromatic heterocycles. The highest BCUT2D eigenvalue weighted by atomic mass is 79.9. The summed E-state index contributed by atoms with van der Waals surface area (Å²) in [5.41, 5.74) is 1.80. The Labute approximate surface area is 99.2 Å². The number of nitrogens with one attached hydrogen (secondary N) is 1. The van der Waals surface area contributed by atoms with Crippen molar-refractivity contribution in [2.24, 2.45) is 0 Å². The minimum Gasteiger partial charge on any atom is -0.352 e. The first-order valence-corrected chi connectivity index (χ1v) is 6.27. The highest BCUT2D eigenvalue weighted by Crippen LogP contribution is 2.06. The van der Waals surface area contributed by atoms with Crippen LogP contribution in [0.3, 0.4) is 0 Å². The van der Waals surface area contributed by atoms with Crippen molar-refractivity contribution in [1.29, 1.82) is 0 Å². The number of hydrogen-bond donors (Lipinski definition) is 1. The van der Waals surface area contributed by atoms with Crippen LogP contribution in [0.2, 0.25) is 0 Å². The zero-order valence-electron chi connectivity index (χ0n) is 8.92. The van der Waals surface area contributed by atoms with Gasteiger partial charge in [-0.05, 0) is 31.4 Å². The molecule has 0 radical (unpaired) electrons. The van der Waals surface area contributed by atoms with Crippen molar-refractivity contribution >= 4 is 21.8 Å². The standard InChI is InChI=1S/C12H16BrNO/c1-10-6-2-3-7-11(10)12(15)14-9-5-4-8-13/h2-3,6-7H,4-5,8-9H2,1H3,(H,14,15). The highest BCUT2D eigenvalue weighted by molar-refractivity contribution is 9.09. The molecular formula is C12H16BrNO. The van der Waals surface area contributed by atoms with E-state index in [0.717, 1.165) is 35.8 Å². The molecule has 1 rings (SSSR count). The van der Waals surface area contributed by atoms with Crippen molar-refractivity contribution in [3.63, 3.8) is 0 Å². The molecule has 1 aromatic carbocycles. The van der Waals surface area contributed by atoms with E-state index in [-0.39, 0.29) is 5.91 Å². The number of amides is 1. The van der Waals surface area contributed by atoms with Crippen molar-refractivity contribution in [3.8, 4) is 0 Å². The predicted molar refractivity (Wildman–Crippen MR) is 66.5 cm³/mol. The van der Waals surface area contributed by atoms with E-state index in [1.165, 1.54) is 0 Å². The van der Waals surface area contributed by atoms with Gasteiger partial charge in [0.15, 0.2) is 0 Å². The van der Waals surface area contributed by atoms with Crippen molar-refractivity contribution in [2.75, 3.05) is 11.9 Å². The first kappa shape index (κ1) is 12.2. The topological polar surface area (TPSA) is 29.1 Å². The fourth-order valence-corrected chi connectivity index (χ4v) is 1.74. The summed E-state index contributed by atoms with van der Waals surface area (Å²) in [6.45, 7) is 2.70. The summed E-state index contributed by atoms with van der Waals surface area (Å²) in [5.74, 6) is 0.0303. The summed E-state index contributed by atoms with van der Waals surface area (Å²) in [6.07, 6.45) is 2.11. The average molecular weight is 270 g/mol. The quantitative estimate of drug-likeness (QED) is 0.647. The lowest BCUT2D eigenvalue weighted by Crippen LogP contribution is -2.25. The van der Waals surface area contributed by atoms with Crippen LogP contribution < -0.4 is 5.32 Å². The Morgan fingerprint density at radius 1 is 1.33 bits per heavy atom. The maximum Gasteiger partial charge on any atom is 0.251 e. The normalized spacial score (nSPS) is 10.0. The minimum atomic E-state index is 0.0303. The zero-order valence-corrected chi connectivity index (χ0v) is 10.5. The SMILES string of the molecule is Cc1ccccc1C(=O)NCCCCBr. The van der Waals surface area contributed by atoms with E-state index in [4.69, 9.17) is 0 Å². The molecule has 0 atom stereocenters. The number of halogens is 1. The number of aryl methyl sites for hydroxylation is 1. The molecule has 0 saturated carbocycles. The van der Waals surface area contributed by atoms with Gasteiger partial charge in [-0.1, -0.05) is 34.1 Å². The van der Waals surface area contributed by atoms with Crippen molar-refractivity contribution < 1.29 is 4.79 Å². The van der Waals surface area contributed by atoms with Crippen LogP contribution in [0.1, 0.15) is 28.8 Å². The second kappa shape index (κ2) is 6.62. The van der Waals surface area contributed by atoms with Crippen LogP contribution in [-0.2, 0) is 0 Å². The molecule has 15 heavy (non-hydrogen) atoms. The van der Waals surface area contributed by atoms with Crippen LogP contribution in [0.25, 0.3) is 0 Å². The number of alkyl halides is 1. The van der Waals surface area contributed by atoms with Gasteiger partial charge in [0.1, 0.15) is 0 Å². The summed E-state index contributed by atoms with van der Waals surface area (Å²) in [6, 6.07) is 7.64. The van der Waals surface area contributed by atoms with Gasteiger partial charge in [0.25, 0.3) is 5.91 Å². The van der Waals surface area contributed by atoms with Crippen molar-refractivity contribution in [2.45, 2.75) is 19.8 Å². The first-order chi connectivity index (χ1) is 7.25. The molecule has 1 N–H and O–H groups in total. The number of hydrogen-bond acceptors (Lipinski definition) is 1. The second-order valence-electron chi connectivity index (χ2n) is 3.47. The molecule has 0 spiro atoms. The summed E-state index contributed by atoms with van der Waals surface area (Å²) >= 11 is 3.36. The minimum absolute atomic E-state index is 0.0303. The van der Waals surface area contributed by atoms with Crippen LogP contribution in [0.5, 0.6) is 0 Å². The zero-order chi connectivity index (χ0) is 11.1. The second-order valence-corrected chi connectivity index (χ2v) is 4.26. The Bertz CT molecular complexity index is 325. The van der Waals surface area contributed by atoms with E-state index in [1.54, 1.807) is 0 Å². The van der Waals surface area contributed by atoms with Crippen molar-refractivity contribution in [1.82, 2.24) is 5.32 Å². The van der Waals surface area contributed by atoms with Gasteiger partial charge in [0.05, 0.1) is 0 Å². The third kappa shape index (κ3) is 4.04. The van der Waals surface area contributed by atoms with Gasteiger partial charge in [-0.2, -0.15) is 0 Å². The molecule has 0 aliphatic heterocycles. The number of carbonyl (C=O) groups excluding carboxylic acids is 1. The third-order valence-corrected chi connectivity index (χ3v) is 2.80. The molecule has 0 saturated heterocycles. The van der Waals surface area contributed by atoms with E-state index >= 15 is 0 Å². The molecule has 0 aliphatic rings. The summed E-state index contributed by atoms with van der Waals surface area (Å²) in [5, 5.41) is 3.91. The molecule has 0 fully saturated rings. The lowest BCUT2D eigenvalue weighted by atomic mass is 10.1. The summed E-state index contributed by atoms with van der Waals surface area (Å²) in [7, 11) is 0. The maximum atomic E-state index is 11.7.